The monoisotopic (exact) mass is 827 g/mol. The summed E-state index contributed by atoms with van der Waals surface area (Å²) in [5.41, 5.74) is 4.40. The first-order valence-corrected chi connectivity index (χ1v) is 23.2. The summed E-state index contributed by atoms with van der Waals surface area (Å²) >= 11 is 0. The molecule has 1 atom stereocenters. The third-order valence-corrected chi connectivity index (χ3v) is 20.1. The number of ether oxygens (including phenoxy) is 2. The van der Waals surface area contributed by atoms with E-state index < -0.39 is 20.3 Å². The quantitative estimate of drug-likeness (QED) is 0.187. The number of hydrogen-bond acceptors (Lipinski definition) is 3. The molecule has 0 bridgehead atoms. The maximum atomic E-state index is 6.96. The molecule has 1 aliphatic heterocycles. The Kier molecular flexibility index (Phi) is 13.4. The summed E-state index contributed by atoms with van der Waals surface area (Å²) in [5, 5.41) is 8.04. The smallest absolute Gasteiger partial charge is 0.210 e. The minimum Gasteiger partial charge on any atom is -1.00 e. The van der Waals surface area contributed by atoms with Crippen LogP contribution in [0.15, 0.2) is 182 Å². The number of pyridine rings is 1. The van der Waals surface area contributed by atoms with Crippen LogP contribution in [0.1, 0.15) is 43.3 Å². The fourth-order valence-electron chi connectivity index (χ4n) is 8.19. The second kappa shape index (κ2) is 18.1. The molecule has 7 aromatic rings. The molecule has 0 amide bonds. The SMILES string of the molecule is Cc1nc(C[P+](c2ccccc2)(c2ccccc2)c2ccccc2)c(C[P+](c2ccccc2)(c2ccccc2)c2ccccc2)c2c1OC(C)(C(C)C)OC2.[Cl-].[Cl-]. The lowest BCUT2D eigenvalue weighted by Crippen LogP contribution is -3.00. The highest BCUT2D eigenvalue weighted by Crippen LogP contribution is 2.62. The van der Waals surface area contributed by atoms with Crippen LogP contribution >= 0.6 is 14.5 Å². The minimum atomic E-state index is -2.34. The minimum absolute atomic E-state index is 0. The summed E-state index contributed by atoms with van der Waals surface area (Å²) < 4.78 is 13.8. The number of nitrogens with zero attached hydrogens (tertiary/aromatic N) is 1. The number of halogens is 2. The highest BCUT2D eigenvalue weighted by molar-refractivity contribution is 7.95. The maximum absolute atomic E-state index is 6.96. The molecule has 0 N–H and O–H groups in total. The van der Waals surface area contributed by atoms with E-state index in [-0.39, 0.29) is 30.7 Å². The molecule has 0 aliphatic carbocycles. The number of fused-ring (bicyclic) bond motifs is 1. The maximum Gasteiger partial charge on any atom is 0.210 e. The van der Waals surface area contributed by atoms with Crippen LogP contribution in [0.25, 0.3) is 0 Å². The van der Waals surface area contributed by atoms with Gasteiger partial charge in [-0.3, -0.25) is 0 Å². The molecule has 7 heteroatoms. The molecule has 0 saturated heterocycles. The average molecular weight is 829 g/mol. The van der Waals surface area contributed by atoms with Crippen molar-refractivity contribution in [2.75, 3.05) is 0 Å². The Hall–Kier alpha value is -4.33. The van der Waals surface area contributed by atoms with Gasteiger partial charge in [-0.05, 0) is 79.7 Å². The highest BCUT2D eigenvalue weighted by Gasteiger charge is 2.51. The van der Waals surface area contributed by atoms with Crippen LogP contribution in [-0.4, -0.2) is 10.8 Å². The lowest BCUT2D eigenvalue weighted by Gasteiger charge is -2.40. The topological polar surface area (TPSA) is 31.4 Å². The van der Waals surface area contributed by atoms with Crippen molar-refractivity contribution < 1.29 is 34.3 Å². The Balaban J connectivity index is 0.00000275. The summed E-state index contributed by atoms with van der Waals surface area (Å²) in [4.78, 5) is 5.70. The molecule has 57 heavy (non-hydrogen) atoms. The van der Waals surface area contributed by atoms with Crippen LogP contribution in [0.2, 0.25) is 0 Å². The molecule has 2 heterocycles. The van der Waals surface area contributed by atoms with Crippen LogP contribution in [0.5, 0.6) is 5.75 Å². The summed E-state index contributed by atoms with van der Waals surface area (Å²) in [5.74, 6) is 0.273. The normalized spacial score (nSPS) is 15.1. The first-order chi connectivity index (χ1) is 26.8. The van der Waals surface area contributed by atoms with E-state index in [2.05, 4.69) is 210 Å². The molecule has 0 saturated carbocycles. The van der Waals surface area contributed by atoms with E-state index in [1.54, 1.807) is 0 Å². The Morgan fingerprint density at radius 2 is 0.842 bits per heavy atom. The van der Waals surface area contributed by atoms with E-state index in [4.69, 9.17) is 14.5 Å². The van der Waals surface area contributed by atoms with Gasteiger partial charge in [0.15, 0.2) is 0 Å². The van der Waals surface area contributed by atoms with Gasteiger partial charge in [-0.15, -0.1) is 0 Å². The fraction of sp³-hybridized carbons (Fsp3) is 0.180. The van der Waals surface area contributed by atoms with Crippen molar-refractivity contribution in [2.24, 2.45) is 5.92 Å². The Labute approximate surface area is 352 Å². The number of rotatable bonds is 11. The second-order valence-electron chi connectivity index (χ2n) is 14.9. The zero-order chi connectivity index (χ0) is 37.9. The van der Waals surface area contributed by atoms with Gasteiger partial charge in [-0.1, -0.05) is 123 Å². The van der Waals surface area contributed by atoms with Crippen LogP contribution in [-0.2, 0) is 23.7 Å². The Morgan fingerprint density at radius 1 is 0.526 bits per heavy atom. The van der Waals surface area contributed by atoms with Gasteiger partial charge >= 0.3 is 0 Å². The van der Waals surface area contributed by atoms with Crippen molar-refractivity contribution in [2.45, 2.75) is 52.4 Å². The van der Waals surface area contributed by atoms with Crippen molar-refractivity contribution >= 4 is 46.4 Å². The summed E-state index contributed by atoms with van der Waals surface area (Å²) in [7, 11) is -4.65. The van der Waals surface area contributed by atoms with Gasteiger partial charge in [0.05, 0.1) is 18.0 Å². The van der Waals surface area contributed by atoms with Gasteiger partial charge in [0.1, 0.15) is 64.4 Å². The molecule has 0 spiro atoms. The predicted octanol–water partition coefficient (Wildman–Crippen LogP) is 3.67. The fourth-order valence-corrected chi connectivity index (χ4v) is 16.7. The lowest BCUT2D eigenvalue weighted by atomic mass is 10.00. The zero-order valence-corrected chi connectivity index (χ0v) is 36.2. The molecule has 1 aliphatic rings. The van der Waals surface area contributed by atoms with Crippen LogP contribution in [0.4, 0.5) is 0 Å². The molecule has 0 radical (unpaired) electrons. The Bertz CT molecular complexity index is 2160. The summed E-state index contributed by atoms with van der Waals surface area (Å²) in [6.45, 7) is 8.98. The molecule has 3 nitrogen and oxygen atoms in total. The van der Waals surface area contributed by atoms with Crippen molar-refractivity contribution in [1.29, 1.82) is 0 Å². The first kappa shape index (κ1) is 42.3. The van der Waals surface area contributed by atoms with Crippen molar-refractivity contribution in [3.8, 4) is 5.75 Å². The number of hydrogen-bond donors (Lipinski definition) is 0. The van der Waals surface area contributed by atoms with Gasteiger partial charge in [-0.25, -0.2) is 4.98 Å². The zero-order valence-electron chi connectivity index (χ0n) is 32.9. The van der Waals surface area contributed by atoms with E-state index in [0.717, 1.165) is 35.0 Å². The summed E-state index contributed by atoms with van der Waals surface area (Å²) in [6.07, 6.45) is 1.54. The lowest BCUT2D eigenvalue weighted by molar-refractivity contribution is -0.219. The standard InChI is InChI=1S/C50H49NO2P2.2ClH/c1-38(2)50(4)52-35-46-47(36-54(40-23-11-5-12-24-40,41-25-13-6-14-26-41)42-27-15-7-16-28-42)48(51-39(3)49(46)53-50)37-55(43-29-17-8-18-30-43,44-31-19-9-20-32-44)45-33-21-10-22-34-45;;/h5-34,38H,35-37H2,1-4H3;2*1H/q+2;;/p-2. The van der Waals surface area contributed by atoms with Crippen molar-refractivity contribution in [1.82, 2.24) is 4.98 Å². The predicted molar refractivity (Wildman–Crippen MR) is 235 cm³/mol. The van der Waals surface area contributed by atoms with Gasteiger partial charge in [-0.2, -0.15) is 0 Å². The van der Waals surface area contributed by atoms with E-state index in [1.807, 2.05) is 0 Å². The second-order valence-corrected chi connectivity index (χ2v) is 21.9. The molecule has 290 valence electrons. The number of benzene rings is 6. The number of aromatic nitrogens is 1. The number of aryl methyl sites for hydroxylation is 1. The summed E-state index contributed by atoms with van der Waals surface area (Å²) in [6, 6.07) is 67.0. The molecule has 8 rings (SSSR count). The van der Waals surface area contributed by atoms with Crippen molar-refractivity contribution in [3.63, 3.8) is 0 Å². The van der Waals surface area contributed by atoms with E-state index in [0.29, 0.717) is 6.61 Å². The Morgan fingerprint density at radius 3 is 1.16 bits per heavy atom. The molecule has 1 unspecified atom stereocenters. The first-order valence-electron chi connectivity index (χ1n) is 19.3. The van der Waals surface area contributed by atoms with E-state index >= 15 is 0 Å². The van der Waals surface area contributed by atoms with Crippen molar-refractivity contribution in [3.05, 3.63) is 205 Å². The molecule has 1 aromatic heterocycles. The molecular weight excluding hydrogens is 779 g/mol. The third kappa shape index (κ3) is 7.94. The van der Waals surface area contributed by atoms with Gasteiger partial charge < -0.3 is 34.3 Å². The highest BCUT2D eigenvalue weighted by atomic mass is 35.5. The van der Waals surface area contributed by atoms with E-state index in [9.17, 15) is 0 Å². The largest absolute Gasteiger partial charge is 1.00 e. The molecule has 0 fully saturated rings. The van der Waals surface area contributed by atoms with Crippen LogP contribution in [0.3, 0.4) is 0 Å². The van der Waals surface area contributed by atoms with Crippen LogP contribution in [0, 0.1) is 12.8 Å². The average Bonchev–Trinajstić information content (AvgIpc) is 3.25. The van der Waals surface area contributed by atoms with Gasteiger partial charge in [0.25, 0.3) is 0 Å². The molecule has 6 aromatic carbocycles. The van der Waals surface area contributed by atoms with Gasteiger partial charge in [0.2, 0.25) is 5.79 Å². The van der Waals surface area contributed by atoms with E-state index in [1.165, 1.54) is 37.4 Å². The molecular formula is C50H49Cl2NO2P2. The third-order valence-electron chi connectivity index (χ3n) is 11.4. The van der Waals surface area contributed by atoms with Crippen LogP contribution < -0.4 is 61.4 Å². The van der Waals surface area contributed by atoms with Gasteiger partial charge in [0, 0.05) is 24.0 Å².